The van der Waals surface area contributed by atoms with Crippen molar-refractivity contribution in [2.75, 3.05) is 5.33 Å². The lowest BCUT2D eigenvalue weighted by molar-refractivity contribution is 0.0541. The molecule has 0 amide bonds. The van der Waals surface area contributed by atoms with Gasteiger partial charge in [0.15, 0.2) is 0 Å². The molecule has 2 heteroatoms. The molecule has 3 atom stereocenters. The van der Waals surface area contributed by atoms with Gasteiger partial charge in [0, 0.05) is 11.2 Å². The average Bonchev–Trinajstić information content (AvgIpc) is 2.87. The van der Waals surface area contributed by atoms with E-state index in [0.717, 1.165) is 18.2 Å². The minimum Gasteiger partial charge on any atom is -0.369 e. The number of hydrogen-bond donors (Lipinski definition) is 0. The molecule has 20 heavy (non-hydrogen) atoms. The molecule has 0 unspecified atom stereocenters. The molecule has 1 fully saturated rings. The van der Waals surface area contributed by atoms with E-state index in [1.54, 1.807) is 0 Å². The summed E-state index contributed by atoms with van der Waals surface area (Å²) in [6, 6.07) is 17.6. The number of ether oxygens (including phenoxy) is 1. The van der Waals surface area contributed by atoms with Gasteiger partial charge in [-0.25, -0.2) is 0 Å². The summed E-state index contributed by atoms with van der Waals surface area (Å²) in [4.78, 5) is 0. The van der Waals surface area contributed by atoms with Crippen molar-refractivity contribution in [3.05, 3.63) is 70.8 Å². The van der Waals surface area contributed by atoms with Crippen LogP contribution in [0.15, 0.2) is 48.5 Å². The van der Waals surface area contributed by atoms with Crippen LogP contribution in [0.25, 0.3) is 0 Å². The molecule has 1 aliphatic carbocycles. The zero-order valence-electron chi connectivity index (χ0n) is 11.3. The van der Waals surface area contributed by atoms with Crippen molar-refractivity contribution in [2.24, 2.45) is 0 Å². The SMILES string of the molecule is BrC[C@@H]1C[C@H]2c3ccccc3Cc3ccccc3[C@@H]2O1. The minimum atomic E-state index is 0.220. The van der Waals surface area contributed by atoms with Gasteiger partial charge in [0.1, 0.15) is 0 Å². The summed E-state index contributed by atoms with van der Waals surface area (Å²) in [7, 11) is 0. The molecule has 0 bridgehead atoms. The molecule has 1 nitrogen and oxygen atoms in total. The molecule has 1 heterocycles. The molecule has 0 aromatic heterocycles. The van der Waals surface area contributed by atoms with Crippen molar-refractivity contribution in [1.82, 2.24) is 0 Å². The fourth-order valence-electron chi connectivity index (χ4n) is 3.68. The van der Waals surface area contributed by atoms with Crippen LogP contribution < -0.4 is 0 Å². The molecule has 1 aliphatic heterocycles. The first-order valence-corrected chi connectivity index (χ1v) is 8.36. The largest absolute Gasteiger partial charge is 0.369 e. The maximum absolute atomic E-state index is 6.33. The standard InChI is InChI=1S/C18H17BrO/c19-11-14-10-17-15-7-3-1-5-12(15)9-13-6-2-4-8-16(13)18(17)20-14/h1-8,14,17-18H,9-11H2/t14-,17-,18-/m0/s1. The second-order valence-corrected chi connectivity index (χ2v) is 6.40. The van der Waals surface area contributed by atoms with Gasteiger partial charge in [-0.15, -0.1) is 0 Å². The maximum Gasteiger partial charge on any atom is 0.0901 e. The van der Waals surface area contributed by atoms with E-state index in [1.165, 1.54) is 22.3 Å². The fraction of sp³-hybridized carbons (Fsp3) is 0.333. The Bertz CT molecular complexity index is 583. The Hall–Kier alpha value is -1.12. The van der Waals surface area contributed by atoms with Crippen LogP contribution >= 0.6 is 15.9 Å². The monoisotopic (exact) mass is 328 g/mol. The van der Waals surface area contributed by atoms with E-state index in [0.29, 0.717) is 12.0 Å². The van der Waals surface area contributed by atoms with E-state index in [1.807, 2.05) is 0 Å². The third-order valence-electron chi connectivity index (χ3n) is 4.59. The van der Waals surface area contributed by atoms with Crippen LogP contribution in [0, 0.1) is 0 Å². The van der Waals surface area contributed by atoms with Gasteiger partial charge in [0.25, 0.3) is 0 Å². The highest BCUT2D eigenvalue weighted by Gasteiger charge is 2.39. The van der Waals surface area contributed by atoms with Crippen molar-refractivity contribution in [1.29, 1.82) is 0 Å². The predicted octanol–water partition coefficient (Wildman–Crippen LogP) is 4.60. The first-order chi connectivity index (χ1) is 9.86. The summed E-state index contributed by atoms with van der Waals surface area (Å²) in [5.41, 5.74) is 5.75. The summed E-state index contributed by atoms with van der Waals surface area (Å²) in [6.45, 7) is 0. The molecule has 102 valence electrons. The van der Waals surface area contributed by atoms with E-state index >= 15 is 0 Å². The predicted molar refractivity (Wildman–Crippen MR) is 84.5 cm³/mol. The molecular formula is C18H17BrO. The second kappa shape index (κ2) is 5.01. The normalized spacial score (nSPS) is 27.4. The fourth-order valence-corrected chi connectivity index (χ4v) is 4.10. The number of rotatable bonds is 1. The van der Waals surface area contributed by atoms with Crippen molar-refractivity contribution < 1.29 is 4.74 Å². The van der Waals surface area contributed by atoms with Gasteiger partial charge in [0.05, 0.1) is 12.2 Å². The van der Waals surface area contributed by atoms with Gasteiger partial charge in [-0.3, -0.25) is 0 Å². The lowest BCUT2D eigenvalue weighted by Gasteiger charge is -2.19. The summed E-state index contributed by atoms with van der Waals surface area (Å²) < 4.78 is 6.33. The summed E-state index contributed by atoms with van der Waals surface area (Å²) in [5.74, 6) is 0.498. The zero-order valence-corrected chi connectivity index (χ0v) is 12.8. The van der Waals surface area contributed by atoms with E-state index in [9.17, 15) is 0 Å². The number of halogens is 1. The van der Waals surface area contributed by atoms with Gasteiger partial charge in [-0.05, 0) is 35.1 Å². The molecule has 0 saturated carbocycles. The summed E-state index contributed by atoms with van der Waals surface area (Å²) in [5, 5.41) is 0.921. The van der Waals surface area contributed by atoms with E-state index < -0.39 is 0 Å². The van der Waals surface area contributed by atoms with Crippen LogP contribution in [0.3, 0.4) is 0 Å². The zero-order chi connectivity index (χ0) is 13.5. The van der Waals surface area contributed by atoms with Crippen LogP contribution in [0.1, 0.15) is 40.7 Å². The molecule has 0 N–H and O–H groups in total. The van der Waals surface area contributed by atoms with Crippen molar-refractivity contribution in [3.8, 4) is 0 Å². The highest BCUT2D eigenvalue weighted by molar-refractivity contribution is 9.09. The van der Waals surface area contributed by atoms with Crippen LogP contribution in [0.2, 0.25) is 0 Å². The van der Waals surface area contributed by atoms with E-state index in [4.69, 9.17) is 4.74 Å². The highest BCUT2D eigenvalue weighted by Crippen LogP contribution is 2.49. The number of alkyl halides is 1. The Morgan fingerprint density at radius 2 is 1.60 bits per heavy atom. The molecule has 1 saturated heterocycles. The van der Waals surface area contributed by atoms with E-state index in [2.05, 4.69) is 64.5 Å². The van der Waals surface area contributed by atoms with Gasteiger partial charge in [0.2, 0.25) is 0 Å². The maximum atomic E-state index is 6.33. The lowest BCUT2D eigenvalue weighted by atomic mass is 9.87. The van der Waals surface area contributed by atoms with Crippen molar-refractivity contribution in [2.45, 2.75) is 31.0 Å². The summed E-state index contributed by atoms with van der Waals surface area (Å²) in [6.07, 6.45) is 2.68. The first kappa shape index (κ1) is 12.6. The number of benzene rings is 2. The van der Waals surface area contributed by atoms with Crippen molar-refractivity contribution in [3.63, 3.8) is 0 Å². The van der Waals surface area contributed by atoms with Gasteiger partial charge < -0.3 is 4.74 Å². The third kappa shape index (κ3) is 1.94. The molecular weight excluding hydrogens is 312 g/mol. The van der Waals surface area contributed by atoms with Gasteiger partial charge in [-0.2, -0.15) is 0 Å². The Morgan fingerprint density at radius 3 is 2.35 bits per heavy atom. The smallest absolute Gasteiger partial charge is 0.0901 e. The highest BCUT2D eigenvalue weighted by atomic mass is 79.9. The van der Waals surface area contributed by atoms with Crippen LogP contribution in [-0.2, 0) is 11.2 Å². The Morgan fingerprint density at radius 1 is 0.950 bits per heavy atom. The van der Waals surface area contributed by atoms with Crippen LogP contribution in [0.4, 0.5) is 0 Å². The number of hydrogen-bond acceptors (Lipinski definition) is 1. The molecule has 2 aromatic rings. The molecule has 0 radical (unpaired) electrons. The lowest BCUT2D eigenvalue weighted by Crippen LogP contribution is -2.08. The second-order valence-electron chi connectivity index (χ2n) is 5.75. The average molecular weight is 329 g/mol. The van der Waals surface area contributed by atoms with Crippen LogP contribution in [-0.4, -0.2) is 11.4 Å². The number of fused-ring (bicyclic) bond motifs is 5. The first-order valence-electron chi connectivity index (χ1n) is 7.24. The van der Waals surface area contributed by atoms with Crippen molar-refractivity contribution >= 4 is 15.9 Å². The third-order valence-corrected chi connectivity index (χ3v) is 5.31. The molecule has 0 spiro atoms. The van der Waals surface area contributed by atoms with Gasteiger partial charge in [-0.1, -0.05) is 64.5 Å². The quantitative estimate of drug-likeness (QED) is 0.695. The Balaban J connectivity index is 1.89. The Kier molecular flexibility index (Phi) is 3.16. The molecule has 2 aliphatic rings. The molecule has 2 aromatic carbocycles. The topological polar surface area (TPSA) is 9.23 Å². The van der Waals surface area contributed by atoms with Gasteiger partial charge >= 0.3 is 0 Å². The summed E-state index contributed by atoms with van der Waals surface area (Å²) >= 11 is 3.58. The van der Waals surface area contributed by atoms with E-state index in [-0.39, 0.29) is 6.10 Å². The Labute approximate surface area is 128 Å². The van der Waals surface area contributed by atoms with Crippen LogP contribution in [0.5, 0.6) is 0 Å². The molecule has 4 rings (SSSR count). The minimum absolute atomic E-state index is 0.220.